The predicted octanol–water partition coefficient (Wildman–Crippen LogP) is 2.78. The highest BCUT2D eigenvalue weighted by Gasteiger charge is 2.23. The van der Waals surface area contributed by atoms with Gasteiger partial charge in [0.2, 0.25) is 5.75 Å². The second-order valence-electron chi connectivity index (χ2n) is 5.61. The SMILES string of the molecule is Cc1ccc(OC(=O)C(C)OCC2CCCCO2)c([N+](=O)[O-])c1. The van der Waals surface area contributed by atoms with Crippen LogP contribution in [0.15, 0.2) is 18.2 Å². The maximum Gasteiger partial charge on any atom is 0.340 e. The van der Waals surface area contributed by atoms with Crippen molar-refractivity contribution in [1.29, 1.82) is 0 Å². The van der Waals surface area contributed by atoms with E-state index in [0.717, 1.165) is 24.8 Å². The van der Waals surface area contributed by atoms with Gasteiger partial charge >= 0.3 is 11.7 Å². The van der Waals surface area contributed by atoms with Crippen LogP contribution in [0.1, 0.15) is 31.7 Å². The van der Waals surface area contributed by atoms with Crippen molar-refractivity contribution in [3.63, 3.8) is 0 Å². The lowest BCUT2D eigenvalue weighted by atomic mass is 10.1. The van der Waals surface area contributed by atoms with E-state index in [1.54, 1.807) is 19.9 Å². The average Bonchev–Trinajstić information content (AvgIpc) is 2.55. The number of hydrogen-bond donors (Lipinski definition) is 0. The van der Waals surface area contributed by atoms with Gasteiger partial charge in [-0.15, -0.1) is 0 Å². The lowest BCUT2D eigenvalue weighted by molar-refractivity contribution is -0.385. The van der Waals surface area contributed by atoms with Crippen LogP contribution in [0.5, 0.6) is 5.75 Å². The normalized spacial score (nSPS) is 19.1. The number of carbonyl (C=O) groups excluding carboxylic acids is 1. The third kappa shape index (κ3) is 5.01. The van der Waals surface area contributed by atoms with Crippen LogP contribution in [0.2, 0.25) is 0 Å². The zero-order valence-electron chi connectivity index (χ0n) is 13.3. The van der Waals surface area contributed by atoms with Crippen molar-refractivity contribution in [2.24, 2.45) is 0 Å². The van der Waals surface area contributed by atoms with Crippen molar-refractivity contribution in [1.82, 2.24) is 0 Å². The molecular formula is C16H21NO6. The van der Waals surface area contributed by atoms with E-state index in [0.29, 0.717) is 13.2 Å². The fourth-order valence-electron chi connectivity index (χ4n) is 2.31. The molecule has 7 heteroatoms. The Labute approximate surface area is 134 Å². The molecule has 0 aromatic heterocycles. The van der Waals surface area contributed by atoms with E-state index in [4.69, 9.17) is 14.2 Å². The number of ether oxygens (including phenoxy) is 3. The van der Waals surface area contributed by atoms with E-state index < -0.39 is 17.0 Å². The van der Waals surface area contributed by atoms with E-state index in [9.17, 15) is 14.9 Å². The van der Waals surface area contributed by atoms with Crippen LogP contribution in [0, 0.1) is 17.0 Å². The summed E-state index contributed by atoms with van der Waals surface area (Å²) in [5.41, 5.74) is 0.483. The minimum absolute atomic E-state index is 0.00675. The maximum absolute atomic E-state index is 12.0. The molecule has 2 unspecified atom stereocenters. The van der Waals surface area contributed by atoms with Gasteiger partial charge in [-0.3, -0.25) is 10.1 Å². The van der Waals surface area contributed by atoms with E-state index in [2.05, 4.69) is 0 Å². The molecule has 0 radical (unpaired) electrons. The molecule has 0 N–H and O–H groups in total. The largest absolute Gasteiger partial charge is 0.417 e. The number of nitro benzene ring substituents is 1. The zero-order chi connectivity index (χ0) is 16.8. The molecule has 0 saturated carbocycles. The molecule has 2 atom stereocenters. The van der Waals surface area contributed by atoms with Crippen molar-refractivity contribution in [3.05, 3.63) is 33.9 Å². The first-order valence-corrected chi connectivity index (χ1v) is 7.67. The van der Waals surface area contributed by atoms with E-state index in [-0.39, 0.29) is 17.5 Å². The number of rotatable bonds is 6. The molecule has 1 aromatic carbocycles. The molecule has 0 aliphatic carbocycles. The minimum atomic E-state index is -0.818. The van der Waals surface area contributed by atoms with Crippen molar-refractivity contribution < 1.29 is 23.9 Å². The van der Waals surface area contributed by atoms with Crippen LogP contribution < -0.4 is 4.74 Å². The number of benzene rings is 1. The average molecular weight is 323 g/mol. The van der Waals surface area contributed by atoms with Crippen molar-refractivity contribution in [2.45, 2.75) is 45.3 Å². The molecule has 1 heterocycles. The first-order valence-electron chi connectivity index (χ1n) is 7.67. The molecule has 1 aliphatic heterocycles. The molecule has 7 nitrogen and oxygen atoms in total. The Bertz CT molecular complexity index is 568. The summed E-state index contributed by atoms with van der Waals surface area (Å²) in [5.74, 6) is -0.734. The molecule has 0 amide bonds. The molecule has 126 valence electrons. The topological polar surface area (TPSA) is 87.9 Å². The smallest absolute Gasteiger partial charge is 0.340 e. The third-order valence-electron chi connectivity index (χ3n) is 3.66. The Morgan fingerprint density at radius 3 is 2.91 bits per heavy atom. The van der Waals surface area contributed by atoms with Gasteiger partial charge in [-0.2, -0.15) is 0 Å². The summed E-state index contributed by atoms with van der Waals surface area (Å²) in [6.07, 6.45) is 2.22. The summed E-state index contributed by atoms with van der Waals surface area (Å²) in [5, 5.41) is 11.0. The van der Waals surface area contributed by atoms with Crippen LogP contribution in [-0.4, -0.2) is 36.3 Å². The maximum atomic E-state index is 12.0. The summed E-state index contributed by atoms with van der Waals surface area (Å²) in [7, 11) is 0. The standard InChI is InChI=1S/C16H21NO6/c1-11-6-7-15(14(9-11)17(19)20)23-16(18)12(2)22-10-13-5-3-4-8-21-13/h6-7,9,12-13H,3-5,8,10H2,1-2H3. The highest BCUT2D eigenvalue weighted by Crippen LogP contribution is 2.28. The van der Waals surface area contributed by atoms with Crippen LogP contribution in [0.4, 0.5) is 5.69 Å². The molecule has 2 rings (SSSR count). The highest BCUT2D eigenvalue weighted by atomic mass is 16.6. The van der Waals surface area contributed by atoms with E-state index in [1.807, 2.05) is 0 Å². The van der Waals surface area contributed by atoms with Crippen LogP contribution in [0.3, 0.4) is 0 Å². The Hall–Kier alpha value is -1.99. The first kappa shape index (κ1) is 17.4. The Morgan fingerprint density at radius 2 is 2.26 bits per heavy atom. The lowest BCUT2D eigenvalue weighted by Gasteiger charge is -2.23. The van der Waals surface area contributed by atoms with Crippen LogP contribution in [-0.2, 0) is 14.3 Å². The predicted molar refractivity (Wildman–Crippen MR) is 82.5 cm³/mol. The second-order valence-corrected chi connectivity index (χ2v) is 5.61. The van der Waals surface area contributed by atoms with Crippen molar-refractivity contribution >= 4 is 11.7 Å². The zero-order valence-corrected chi connectivity index (χ0v) is 13.3. The minimum Gasteiger partial charge on any atom is -0.417 e. The van der Waals surface area contributed by atoms with Crippen LogP contribution in [0.25, 0.3) is 0 Å². The molecular weight excluding hydrogens is 302 g/mol. The van der Waals surface area contributed by atoms with Gasteiger partial charge in [0.25, 0.3) is 0 Å². The quantitative estimate of drug-likeness (QED) is 0.346. The number of aryl methyl sites for hydroxylation is 1. The molecule has 23 heavy (non-hydrogen) atoms. The number of nitrogens with zero attached hydrogens (tertiary/aromatic N) is 1. The number of carbonyl (C=O) groups is 1. The summed E-state index contributed by atoms with van der Waals surface area (Å²) in [6, 6.07) is 4.43. The first-order chi connectivity index (χ1) is 11.0. The van der Waals surface area contributed by atoms with Crippen LogP contribution >= 0.6 is 0 Å². The van der Waals surface area contributed by atoms with Gasteiger partial charge < -0.3 is 14.2 Å². The Balaban J connectivity index is 1.91. The molecule has 1 fully saturated rings. The number of hydrogen-bond acceptors (Lipinski definition) is 6. The van der Waals surface area contributed by atoms with E-state index in [1.165, 1.54) is 12.1 Å². The fourth-order valence-corrected chi connectivity index (χ4v) is 2.31. The molecule has 0 bridgehead atoms. The molecule has 0 spiro atoms. The number of esters is 1. The highest BCUT2D eigenvalue weighted by molar-refractivity contribution is 5.78. The fraction of sp³-hybridized carbons (Fsp3) is 0.562. The summed E-state index contributed by atoms with van der Waals surface area (Å²) >= 11 is 0. The Kier molecular flexibility index (Phi) is 6.06. The molecule has 1 aromatic rings. The molecule has 1 aliphatic rings. The van der Waals surface area contributed by atoms with Gasteiger partial charge in [0.1, 0.15) is 0 Å². The monoisotopic (exact) mass is 323 g/mol. The summed E-state index contributed by atoms with van der Waals surface area (Å²) in [4.78, 5) is 22.5. The lowest BCUT2D eigenvalue weighted by Crippen LogP contribution is -2.31. The van der Waals surface area contributed by atoms with Gasteiger partial charge in [0.05, 0.1) is 17.6 Å². The van der Waals surface area contributed by atoms with E-state index >= 15 is 0 Å². The van der Waals surface area contributed by atoms with Gasteiger partial charge in [-0.1, -0.05) is 6.07 Å². The second kappa shape index (κ2) is 8.03. The van der Waals surface area contributed by atoms with Gasteiger partial charge in [-0.25, -0.2) is 4.79 Å². The van der Waals surface area contributed by atoms with Crippen molar-refractivity contribution in [3.8, 4) is 5.75 Å². The third-order valence-corrected chi connectivity index (χ3v) is 3.66. The molecule has 1 saturated heterocycles. The van der Waals surface area contributed by atoms with Gasteiger partial charge in [0.15, 0.2) is 6.10 Å². The number of nitro groups is 1. The van der Waals surface area contributed by atoms with Gasteiger partial charge in [-0.05, 0) is 44.7 Å². The summed E-state index contributed by atoms with van der Waals surface area (Å²) < 4.78 is 16.1. The Morgan fingerprint density at radius 1 is 1.48 bits per heavy atom. The van der Waals surface area contributed by atoms with Gasteiger partial charge in [0, 0.05) is 12.7 Å². The van der Waals surface area contributed by atoms with Crippen molar-refractivity contribution in [2.75, 3.05) is 13.2 Å². The summed E-state index contributed by atoms with van der Waals surface area (Å²) in [6.45, 7) is 4.31.